The van der Waals surface area contributed by atoms with Crippen LogP contribution in [-0.4, -0.2) is 10.3 Å². The highest BCUT2D eigenvalue weighted by atomic mass is 32.2. The lowest BCUT2D eigenvalue weighted by molar-refractivity contribution is 0.200. The monoisotopic (exact) mass is 331 g/mol. The molecule has 2 aromatic carbocycles. The molecule has 1 aliphatic heterocycles. The molecule has 1 nitrogen and oxygen atoms in total. The average molecular weight is 331 g/mol. The van der Waals surface area contributed by atoms with Crippen LogP contribution in [0, 0.1) is 0 Å². The Labute approximate surface area is 147 Å². The smallest absolute Gasteiger partial charge is 0.0643 e. The molecule has 2 saturated carbocycles. The fourth-order valence-corrected chi connectivity index (χ4v) is 9.51. The van der Waals surface area contributed by atoms with Crippen molar-refractivity contribution in [2.45, 2.75) is 59.6 Å². The van der Waals surface area contributed by atoms with Gasteiger partial charge in [-0.1, -0.05) is 60.5 Å². The maximum absolute atomic E-state index is 4.01. The van der Waals surface area contributed by atoms with E-state index in [-0.39, 0.29) is 0 Å². The molecule has 120 valence electrons. The predicted octanol–water partition coefficient (Wildman–Crippen LogP) is 5.07. The van der Waals surface area contributed by atoms with Gasteiger partial charge in [0.2, 0.25) is 0 Å². The van der Waals surface area contributed by atoms with Gasteiger partial charge in [-0.3, -0.25) is 4.72 Å². The van der Waals surface area contributed by atoms with Crippen LogP contribution >= 0.6 is 11.9 Å². The molecule has 4 aliphatic carbocycles. The summed E-state index contributed by atoms with van der Waals surface area (Å²) in [5.41, 5.74) is 7.01. The van der Waals surface area contributed by atoms with Gasteiger partial charge < -0.3 is 0 Å². The Kier molecular flexibility index (Phi) is 2.14. The second-order valence-corrected chi connectivity index (χ2v) is 9.57. The zero-order valence-electron chi connectivity index (χ0n) is 13.7. The summed E-state index contributed by atoms with van der Waals surface area (Å²) in [5, 5.41) is 0. The van der Waals surface area contributed by atoms with Crippen molar-refractivity contribution < 1.29 is 0 Å². The van der Waals surface area contributed by atoms with Crippen molar-refractivity contribution in [1.82, 2.24) is 4.72 Å². The molecular weight excluding hydrogens is 310 g/mol. The standard InChI is InChI=1S/C22H21NS/c1-2-6-14-13(5-1)17-9-10-18(14)21(17)22(24-23-21)19-11-12-20(22)16-8-4-3-7-15(16)19/h1-8,17-20,23H,9-12H2. The van der Waals surface area contributed by atoms with Crippen LogP contribution in [-0.2, 0) is 0 Å². The zero-order valence-corrected chi connectivity index (χ0v) is 14.5. The first-order chi connectivity index (χ1) is 11.9. The molecule has 4 bridgehead atoms. The molecule has 0 radical (unpaired) electrons. The van der Waals surface area contributed by atoms with Gasteiger partial charge in [0.05, 0.1) is 10.3 Å². The highest BCUT2D eigenvalue weighted by Gasteiger charge is 2.79. The minimum atomic E-state index is 0.326. The molecule has 0 aromatic heterocycles. The average Bonchev–Trinajstić information content (AvgIpc) is 3.36. The van der Waals surface area contributed by atoms with Crippen molar-refractivity contribution in [3.8, 4) is 0 Å². The minimum Gasteiger partial charge on any atom is -0.255 e. The van der Waals surface area contributed by atoms with Gasteiger partial charge in [0.25, 0.3) is 0 Å². The van der Waals surface area contributed by atoms with Crippen LogP contribution in [0.1, 0.15) is 71.6 Å². The lowest BCUT2D eigenvalue weighted by Crippen LogP contribution is -2.72. The van der Waals surface area contributed by atoms with Crippen molar-refractivity contribution in [1.29, 1.82) is 0 Å². The first-order valence-corrected chi connectivity index (χ1v) is 10.3. The van der Waals surface area contributed by atoms with E-state index in [0.29, 0.717) is 10.3 Å². The van der Waals surface area contributed by atoms with Gasteiger partial charge in [-0.25, -0.2) is 0 Å². The molecule has 2 spiro atoms. The summed E-state index contributed by atoms with van der Waals surface area (Å²) in [6.07, 6.45) is 5.56. The molecule has 2 aromatic rings. The highest BCUT2D eigenvalue weighted by Crippen LogP contribution is 2.81. The van der Waals surface area contributed by atoms with Crippen LogP contribution in [0.3, 0.4) is 0 Å². The summed E-state index contributed by atoms with van der Waals surface area (Å²) in [6.45, 7) is 0. The normalized spacial score (nSPS) is 45.7. The number of fused-ring (bicyclic) bond motifs is 6. The molecule has 5 aliphatic rings. The highest BCUT2D eigenvalue weighted by molar-refractivity contribution is 8.00. The summed E-state index contributed by atoms with van der Waals surface area (Å²) in [6, 6.07) is 18.7. The van der Waals surface area contributed by atoms with E-state index in [9.17, 15) is 0 Å². The third kappa shape index (κ3) is 1.08. The van der Waals surface area contributed by atoms with Crippen LogP contribution in [0.15, 0.2) is 48.5 Å². The molecule has 3 fully saturated rings. The van der Waals surface area contributed by atoms with E-state index < -0.39 is 0 Å². The molecule has 1 saturated heterocycles. The van der Waals surface area contributed by atoms with Crippen molar-refractivity contribution in [2.24, 2.45) is 0 Å². The number of rotatable bonds is 0. The fraction of sp³-hybridized carbons (Fsp3) is 0.455. The largest absolute Gasteiger partial charge is 0.255 e. The number of benzene rings is 2. The number of nitrogens with one attached hydrogen (secondary N) is 1. The maximum Gasteiger partial charge on any atom is 0.0643 e. The van der Waals surface area contributed by atoms with E-state index in [0.717, 1.165) is 23.7 Å². The summed E-state index contributed by atoms with van der Waals surface area (Å²) >= 11 is 2.11. The Morgan fingerprint density at radius 2 is 1.08 bits per heavy atom. The third-order valence-electron chi connectivity index (χ3n) is 8.15. The SMILES string of the molecule is c1ccc2c(c1)C1CCC2C12NSC21C2CCC1c1ccccc12. The summed E-state index contributed by atoms with van der Waals surface area (Å²) in [7, 11) is 0. The van der Waals surface area contributed by atoms with E-state index in [1.807, 2.05) is 0 Å². The van der Waals surface area contributed by atoms with Gasteiger partial charge in [-0.15, -0.1) is 0 Å². The molecule has 7 rings (SSSR count). The van der Waals surface area contributed by atoms with Crippen LogP contribution in [0.5, 0.6) is 0 Å². The van der Waals surface area contributed by atoms with Crippen LogP contribution < -0.4 is 4.72 Å². The fourth-order valence-electron chi connectivity index (χ4n) is 7.59. The van der Waals surface area contributed by atoms with Gasteiger partial charge in [0.15, 0.2) is 0 Å². The Morgan fingerprint density at radius 3 is 1.50 bits per heavy atom. The van der Waals surface area contributed by atoms with Crippen LogP contribution in [0.25, 0.3) is 0 Å². The summed E-state index contributed by atoms with van der Waals surface area (Å²) in [5.74, 6) is 3.00. The minimum absolute atomic E-state index is 0.326. The van der Waals surface area contributed by atoms with Crippen molar-refractivity contribution in [3.05, 3.63) is 70.8 Å². The summed E-state index contributed by atoms with van der Waals surface area (Å²) < 4.78 is 4.43. The molecular formula is C22H21NS. The topological polar surface area (TPSA) is 12.0 Å². The van der Waals surface area contributed by atoms with Crippen LogP contribution in [0.2, 0.25) is 0 Å². The van der Waals surface area contributed by atoms with Gasteiger partial charge in [-0.2, -0.15) is 0 Å². The van der Waals surface area contributed by atoms with Gasteiger partial charge >= 0.3 is 0 Å². The first kappa shape index (κ1) is 13.0. The first-order valence-electron chi connectivity index (χ1n) is 9.51. The Bertz CT molecular complexity index is 752. The second kappa shape index (κ2) is 3.94. The lowest BCUT2D eigenvalue weighted by Gasteiger charge is -2.62. The van der Waals surface area contributed by atoms with E-state index in [4.69, 9.17) is 0 Å². The Balaban J connectivity index is 1.47. The molecule has 0 amide bonds. The van der Waals surface area contributed by atoms with Gasteiger partial charge in [-0.05, 0) is 47.9 Å². The zero-order chi connectivity index (χ0) is 15.5. The van der Waals surface area contributed by atoms with E-state index in [1.54, 1.807) is 22.3 Å². The van der Waals surface area contributed by atoms with Gasteiger partial charge in [0, 0.05) is 23.7 Å². The van der Waals surface area contributed by atoms with Crippen molar-refractivity contribution in [2.75, 3.05) is 0 Å². The Morgan fingerprint density at radius 1 is 0.667 bits per heavy atom. The maximum atomic E-state index is 4.01. The van der Waals surface area contributed by atoms with E-state index in [2.05, 4.69) is 65.2 Å². The molecule has 2 heteroatoms. The van der Waals surface area contributed by atoms with Crippen molar-refractivity contribution in [3.63, 3.8) is 0 Å². The quantitative estimate of drug-likeness (QED) is 0.677. The molecule has 1 N–H and O–H groups in total. The lowest BCUT2D eigenvalue weighted by atomic mass is 9.67. The van der Waals surface area contributed by atoms with Crippen molar-refractivity contribution >= 4 is 11.9 Å². The van der Waals surface area contributed by atoms with Gasteiger partial charge in [0.1, 0.15) is 0 Å². The summed E-state index contributed by atoms with van der Waals surface area (Å²) in [4.78, 5) is 0. The van der Waals surface area contributed by atoms with E-state index in [1.165, 1.54) is 25.7 Å². The molecule has 1 heterocycles. The number of hydrogen-bond acceptors (Lipinski definition) is 2. The predicted molar refractivity (Wildman–Crippen MR) is 98.5 cm³/mol. The molecule has 24 heavy (non-hydrogen) atoms. The molecule has 4 atom stereocenters. The molecule has 4 unspecified atom stereocenters. The van der Waals surface area contributed by atoms with E-state index >= 15 is 0 Å². The van der Waals surface area contributed by atoms with Crippen LogP contribution in [0.4, 0.5) is 0 Å². The number of hydrogen-bond donors (Lipinski definition) is 1. The Hall–Kier alpha value is -1.25. The second-order valence-electron chi connectivity index (χ2n) is 8.49. The third-order valence-corrected chi connectivity index (χ3v) is 9.84.